The Balaban J connectivity index is 1.98. The van der Waals surface area contributed by atoms with Gasteiger partial charge in [-0.2, -0.15) is 0 Å². The van der Waals surface area contributed by atoms with Crippen molar-refractivity contribution in [2.24, 2.45) is 5.73 Å². The van der Waals surface area contributed by atoms with Crippen LogP contribution < -0.4 is 11.1 Å². The maximum Gasteiger partial charge on any atom is 0.277 e. The second-order valence-corrected chi connectivity index (χ2v) is 5.46. The van der Waals surface area contributed by atoms with Crippen LogP contribution in [0.4, 0.5) is 8.78 Å². The molecule has 0 aliphatic carbocycles. The lowest BCUT2D eigenvalue weighted by atomic mass is 10.2. The van der Waals surface area contributed by atoms with Gasteiger partial charge in [0.15, 0.2) is 0 Å². The molecule has 0 unspecified atom stereocenters. The zero-order valence-electron chi connectivity index (χ0n) is 11.4. The monoisotopic (exact) mass is 315 g/mol. The first kappa shape index (κ1) is 15.6. The summed E-state index contributed by atoms with van der Waals surface area (Å²) in [5.74, 6) is -2.72. The Morgan fingerprint density at radius 2 is 2.33 bits per heavy atom. The number of nitrogens with zero attached hydrogens (tertiary/aromatic N) is 1. The van der Waals surface area contributed by atoms with Crippen LogP contribution in [0.2, 0.25) is 0 Å². The maximum atomic E-state index is 12.9. The average Bonchev–Trinajstić information content (AvgIpc) is 3.07. The predicted octanol–water partition coefficient (Wildman–Crippen LogP) is 1.96. The van der Waals surface area contributed by atoms with E-state index in [2.05, 4.69) is 10.3 Å². The van der Waals surface area contributed by atoms with E-state index < -0.39 is 24.9 Å². The third-order valence-corrected chi connectivity index (χ3v) is 3.65. The van der Waals surface area contributed by atoms with E-state index in [-0.39, 0.29) is 6.42 Å². The van der Waals surface area contributed by atoms with Crippen LogP contribution in [0, 0.1) is 6.92 Å². The Morgan fingerprint density at radius 1 is 1.57 bits per heavy atom. The lowest BCUT2D eigenvalue weighted by Gasteiger charge is -2.14. The van der Waals surface area contributed by atoms with Gasteiger partial charge in [0.2, 0.25) is 11.8 Å². The normalized spacial score (nSPS) is 11.6. The molecule has 2 aromatic rings. The first-order chi connectivity index (χ1) is 9.91. The number of thiophene rings is 1. The van der Waals surface area contributed by atoms with Crippen molar-refractivity contribution in [3.05, 3.63) is 29.0 Å². The molecule has 0 saturated heterocycles. The standard InChI is InChI=1S/C13H15F2N3O2S/c1-8-9(5-11(19)17-7-13(14,15)6-16)18-12(20-8)10-3-2-4-21-10/h2-4H,5-7,16H2,1H3,(H,17,19). The molecule has 114 valence electrons. The molecule has 0 aliphatic rings. The van der Waals surface area contributed by atoms with E-state index in [1.165, 1.54) is 11.3 Å². The van der Waals surface area contributed by atoms with Crippen molar-refractivity contribution >= 4 is 17.2 Å². The highest BCUT2D eigenvalue weighted by Crippen LogP contribution is 2.26. The van der Waals surface area contributed by atoms with Crippen LogP contribution in [0.25, 0.3) is 10.8 Å². The third-order valence-electron chi connectivity index (χ3n) is 2.80. The quantitative estimate of drug-likeness (QED) is 0.854. The summed E-state index contributed by atoms with van der Waals surface area (Å²) in [6, 6.07) is 3.71. The van der Waals surface area contributed by atoms with Crippen molar-refractivity contribution in [1.29, 1.82) is 0 Å². The zero-order valence-corrected chi connectivity index (χ0v) is 12.2. The van der Waals surface area contributed by atoms with Gasteiger partial charge in [-0.05, 0) is 18.4 Å². The van der Waals surface area contributed by atoms with E-state index in [1.807, 2.05) is 17.5 Å². The highest BCUT2D eigenvalue weighted by atomic mass is 32.1. The first-order valence-corrected chi connectivity index (χ1v) is 7.14. The lowest BCUT2D eigenvalue weighted by Crippen LogP contribution is -2.42. The molecule has 0 aromatic carbocycles. The molecule has 0 aliphatic heterocycles. The van der Waals surface area contributed by atoms with Gasteiger partial charge in [0.1, 0.15) is 5.76 Å². The Kier molecular flexibility index (Phi) is 4.69. The maximum absolute atomic E-state index is 12.9. The number of aromatic nitrogens is 1. The fourth-order valence-corrected chi connectivity index (χ4v) is 2.26. The van der Waals surface area contributed by atoms with Crippen molar-refractivity contribution in [2.75, 3.05) is 13.1 Å². The summed E-state index contributed by atoms with van der Waals surface area (Å²) in [6.07, 6.45) is -0.110. The van der Waals surface area contributed by atoms with E-state index in [0.29, 0.717) is 17.3 Å². The molecular weight excluding hydrogens is 300 g/mol. The topological polar surface area (TPSA) is 81.2 Å². The average molecular weight is 315 g/mol. The van der Waals surface area contributed by atoms with Gasteiger partial charge in [-0.25, -0.2) is 13.8 Å². The van der Waals surface area contributed by atoms with Crippen LogP contribution in [0.1, 0.15) is 11.5 Å². The van der Waals surface area contributed by atoms with E-state index >= 15 is 0 Å². The van der Waals surface area contributed by atoms with Crippen LogP contribution in [0.3, 0.4) is 0 Å². The van der Waals surface area contributed by atoms with Gasteiger partial charge in [-0.3, -0.25) is 4.79 Å². The van der Waals surface area contributed by atoms with Gasteiger partial charge in [-0.15, -0.1) is 11.3 Å². The number of aryl methyl sites for hydroxylation is 1. The zero-order chi connectivity index (χ0) is 15.5. The van der Waals surface area contributed by atoms with Crippen LogP contribution in [-0.2, 0) is 11.2 Å². The molecular formula is C13H15F2N3O2S. The summed E-state index contributed by atoms with van der Waals surface area (Å²) < 4.78 is 31.4. The van der Waals surface area contributed by atoms with Gasteiger partial charge >= 0.3 is 0 Å². The van der Waals surface area contributed by atoms with E-state index in [9.17, 15) is 13.6 Å². The van der Waals surface area contributed by atoms with Gasteiger partial charge in [-0.1, -0.05) is 6.07 Å². The van der Waals surface area contributed by atoms with Gasteiger partial charge in [0, 0.05) is 0 Å². The highest BCUT2D eigenvalue weighted by molar-refractivity contribution is 7.13. The Bertz CT molecular complexity index is 611. The predicted molar refractivity (Wildman–Crippen MR) is 75.3 cm³/mol. The summed E-state index contributed by atoms with van der Waals surface area (Å²) in [5.41, 5.74) is 5.34. The number of nitrogens with two attached hydrogens (primary N) is 1. The highest BCUT2D eigenvalue weighted by Gasteiger charge is 2.27. The van der Waals surface area contributed by atoms with E-state index in [1.54, 1.807) is 6.92 Å². The van der Waals surface area contributed by atoms with Crippen molar-refractivity contribution in [3.8, 4) is 10.8 Å². The van der Waals surface area contributed by atoms with E-state index in [0.717, 1.165) is 4.88 Å². The van der Waals surface area contributed by atoms with Crippen molar-refractivity contribution in [3.63, 3.8) is 0 Å². The smallest absolute Gasteiger partial charge is 0.277 e. The molecule has 3 N–H and O–H groups in total. The molecule has 0 atom stereocenters. The number of nitrogens with one attached hydrogen (secondary N) is 1. The van der Waals surface area contributed by atoms with Crippen molar-refractivity contribution in [1.82, 2.24) is 10.3 Å². The van der Waals surface area contributed by atoms with Gasteiger partial charge in [0.25, 0.3) is 5.92 Å². The molecule has 0 spiro atoms. The Labute approximate surface area is 124 Å². The first-order valence-electron chi connectivity index (χ1n) is 6.26. The molecule has 2 heterocycles. The van der Waals surface area contributed by atoms with Gasteiger partial charge in [0.05, 0.1) is 30.1 Å². The van der Waals surface area contributed by atoms with Crippen LogP contribution in [0.5, 0.6) is 0 Å². The fourth-order valence-electron chi connectivity index (χ4n) is 1.61. The van der Waals surface area contributed by atoms with Crippen LogP contribution in [0.15, 0.2) is 21.9 Å². The minimum Gasteiger partial charge on any atom is -0.440 e. The molecule has 0 saturated carbocycles. The van der Waals surface area contributed by atoms with Crippen LogP contribution in [-0.4, -0.2) is 29.9 Å². The summed E-state index contributed by atoms with van der Waals surface area (Å²) in [7, 11) is 0. The van der Waals surface area contributed by atoms with Crippen molar-refractivity contribution < 1.29 is 18.0 Å². The second kappa shape index (κ2) is 6.31. The molecule has 8 heteroatoms. The molecule has 5 nitrogen and oxygen atoms in total. The largest absolute Gasteiger partial charge is 0.440 e. The molecule has 2 rings (SSSR count). The molecule has 0 bridgehead atoms. The number of rotatable bonds is 6. The number of carbonyl (C=O) groups excluding carboxylic acids is 1. The van der Waals surface area contributed by atoms with E-state index in [4.69, 9.17) is 10.2 Å². The number of halogens is 2. The summed E-state index contributed by atoms with van der Waals surface area (Å²) in [5, 5.41) is 4.03. The Morgan fingerprint density at radius 3 is 2.95 bits per heavy atom. The number of hydrogen-bond donors (Lipinski definition) is 2. The molecule has 0 radical (unpaired) electrons. The molecule has 21 heavy (non-hydrogen) atoms. The third kappa shape index (κ3) is 4.08. The number of oxazole rings is 1. The van der Waals surface area contributed by atoms with Crippen LogP contribution >= 0.6 is 11.3 Å². The fraction of sp³-hybridized carbons (Fsp3) is 0.385. The van der Waals surface area contributed by atoms with Crippen molar-refractivity contribution in [2.45, 2.75) is 19.3 Å². The lowest BCUT2D eigenvalue weighted by molar-refractivity contribution is -0.122. The number of alkyl halides is 2. The number of carbonyl (C=O) groups is 1. The number of hydrogen-bond acceptors (Lipinski definition) is 5. The summed E-state index contributed by atoms with van der Waals surface area (Å²) in [4.78, 5) is 16.7. The summed E-state index contributed by atoms with van der Waals surface area (Å²) >= 11 is 1.46. The minimum absolute atomic E-state index is 0.110. The second-order valence-electron chi connectivity index (χ2n) is 4.51. The molecule has 2 aromatic heterocycles. The van der Waals surface area contributed by atoms with Gasteiger partial charge < -0.3 is 15.5 Å². The summed E-state index contributed by atoms with van der Waals surface area (Å²) in [6.45, 7) is 0.0943. The Hall–Kier alpha value is -1.80. The number of amides is 1. The minimum atomic E-state index is -3.10. The SMILES string of the molecule is Cc1oc(-c2cccs2)nc1CC(=O)NCC(F)(F)CN. The molecule has 0 fully saturated rings. The molecule has 1 amide bonds.